The van der Waals surface area contributed by atoms with Gasteiger partial charge in [0.2, 0.25) is 0 Å². The first-order valence-corrected chi connectivity index (χ1v) is 9.89. The van der Waals surface area contributed by atoms with Crippen molar-refractivity contribution < 1.29 is 44.8 Å². The average Bonchev–Trinajstić information content (AvgIpc) is 3.41. The van der Waals surface area contributed by atoms with Crippen LogP contribution in [0, 0.1) is 6.07 Å². The Hall–Kier alpha value is -1.83. The summed E-state index contributed by atoms with van der Waals surface area (Å²) in [5, 5.41) is 0. The molecule has 146 valence electrons. The Bertz CT molecular complexity index is 916. The van der Waals surface area contributed by atoms with E-state index in [1.54, 1.807) is 0 Å². The molecule has 0 N–H and O–H groups in total. The minimum Gasteiger partial charge on any atom is -1.00 e. The normalized spacial score (nSPS) is 9.76. The van der Waals surface area contributed by atoms with Crippen LogP contribution < -0.4 is 24.8 Å². The van der Waals surface area contributed by atoms with Crippen molar-refractivity contribution in [2.75, 3.05) is 0 Å². The van der Waals surface area contributed by atoms with Gasteiger partial charge in [-0.25, -0.2) is 12.1 Å². The van der Waals surface area contributed by atoms with Gasteiger partial charge in [-0.3, -0.25) is 0 Å². The van der Waals surface area contributed by atoms with Crippen molar-refractivity contribution in [1.29, 1.82) is 0 Å². The second-order valence-corrected chi connectivity index (χ2v) is 7.52. The molecular weight excluding hydrogens is 431 g/mol. The maximum Gasteiger partial charge on any atom is -0.0253 e. The Morgan fingerprint density at radius 2 is 1.41 bits per heavy atom. The van der Waals surface area contributed by atoms with Crippen LogP contribution in [0.2, 0.25) is 0 Å². The molecule has 0 aliphatic heterocycles. The number of hydrogen-bond donors (Lipinski definition) is 0. The standard InChI is InChI=1S/C13H9.C8H8.C5H5.2ClH.Ti/c1-3-7-12-10(5-1)9-11-6-2-4-8-13(11)12;1-2-8-6-4-3-5-7-8;1-2-4-5-3-1;;;/h1-5,7-8H,9H2;3-7H,1H3;1-5H;2*1H;/q-1;;-1;;;+2/p-2. The van der Waals surface area contributed by atoms with Crippen molar-refractivity contribution in [2.24, 2.45) is 0 Å². The van der Waals surface area contributed by atoms with Crippen molar-refractivity contribution >= 4 is 3.81 Å². The Kier molecular flexibility index (Phi) is 11.7. The summed E-state index contributed by atoms with van der Waals surface area (Å²) < 4.78 is 1.37. The van der Waals surface area contributed by atoms with E-state index >= 15 is 0 Å². The van der Waals surface area contributed by atoms with E-state index in [2.05, 4.69) is 93.6 Å². The fraction of sp³-hybridized carbons (Fsp3) is 0.0769. The number of hydrogen-bond acceptors (Lipinski definition) is 0. The summed E-state index contributed by atoms with van der Waals surface area (Å²) >= 11 is 2.12. The van der Waals surface area contributed by atoms with Gasteiger partial charge in [-0.1, -0.05) is 35.4 Å². The third-order valence-electron chi connectivity index (χ3n) is 4.38. The average molecular weight is 453 g/mol. The van der Waals surface area contributed by atoms with E-state index in [1.165, 1.54) is 31.6 Å². The summed E-state index contributed by atoms with van der Waals surface area (Å²) in [6.45, 7) is 2.12. The predicted octanol–water partition coefficient (Wildman–Crippen LogP) is 0.245. The van der Waals surface area contributed by atoms with Gasteiger partial charge in [0.1, 0.15) is 0 Å². The Balaban J connectivity index is 0.000000231. The number of halogens is 2. The van der Waals surface area contributed by atoms with Crippen molar-refractivity contribution in [3.8, 4) is 11.1 Å². The molecule has 0 nitrogen and oxygen atoms in total. The molecule has 0 amide bonds. The largest absolute Gasteiger partial charge is 1.00 e. The Morgan fingerprint density at radius 1 is 0.793 bits per heavy atom. The predicted molar refractivity (Wildman–Crippen MR) is 112 cm³/mol. The fourth-order valence-corrected chi connectivity index (χ4v) is 3.27. The quantitative estimate of drug-likeness (QED) is 0.252. The molecule has 0 atom stereocenters. The summed E-state index contributed by atoms with van der Waals surface area (Å²) in [5.41, 5.74) is 6.84. The maximum atomic E-state index is 3.30. The third-order valence-corrected chi connectivity index (χ3v) is 4.83. The molecule has 0 fully saturated rings. The molecule has 0 saturated heterocycles. The topological polar surface area (TPSA) is 0 Å². The zero-order valence-corrected chi connectivity index (χ0v) is 19.4. The van der Waals surface area contributed by atoms with Crippen LogP contribution in [0.25, 0.3) is 11.1 Å². The van der Waals surface area contributed by atoms with Gasteiger partial charge in [-0.05, 0) is 6.42 Å². The molecule has 0 saturated carbocycles. The maximum absolute atomic E-state index is 3.30. The van der Waals surface area contributed by atoms with Crippen LogP contribution in [0.1, 0.15) is 23.6 Å². The van der Waals surface area contributed by atoms with Crippen LogP contribution in [-0.2, 0) is 26.4 Å². The smallest absolute Gasteiger partial charge is 0.0253 e. The van der Waals surface area contributed by atoms with Crippen LogP contribution >= 0.6 is 0 Å². The Morgan fingerprint density at radius 3 is 2.00 bits per heavy atom. The summed E-state index contributed by atoms with van der Waals surface area (Å²) in [6.07, 6.45) is 1.05. The molecule has 3 heteroatoms. The number of rotatable bonds is 1. The molecule has 5 rings (SSSR count). The SMILES string of the molecule is C[C](=[Ti+2])c1ccccc1.[Cl-].[Cl-].[c-]1cccc2c1Cc1ccccc1-2.c1cc[cH-]c1. The van der Waals surface area contributed by atoms with E-state index < -0.39 is 0 Å². The van der Waals surface area contributed by atoms with E-state index in [9.17, 15) is 0 Å². The van der Waals surface area contributed by atoms with E-state index in [4.69, 9.17) is 0 Å². The molecule has 0 spiro atoms. The van der Waals surface area contributed by atoms with Crippen molar-refractivity contribution in [3.05, 3.63) is 126 Å². The van der Waals surface area contributed by atoms with Gasteiger partial charge in [0.15, 0.2) is 0 Å². The van der Waals surface area contributed by atoms with E-state index in [-0.39, 0.29) is 24.8 Å². The molecule has 1 aliphatic rings. The first kappa shape index (κ1) is 25.2. The summed E-state index contributed by atoms with van der Waals surface area (Å²) in [6, 6.07) is 38.5. The van der Waals surface area contributed by atoms with E-state index in [1.807, 2.05) is 42.5 Å². The molecule has 0 heterocycles. The van der Waals surface area contributed by atoms with Gasteiger partial charge in [0, 0.05) is 0 Å². The van der Waals surface area contributed by atoms with Crippen molar-refractivity contribution in [2.45, 2.75) is 13.3 Å². The van der Waals surface area contributed by atoms with Crippen LogP contribution in [0.15, 0.2) is 103 Å². The molecule has 0 unspecified atom stereocenters. The zero-order valence-electron chi connectivity index (χ0n) is 16.3. The summed E-state index contributed by atoms with van der Waals surface area (Å²) in [5.74, 6) is 0. The molecule has 1 aliphatic carbocycles. The zero-order chi connectivity index (χ0) is 18.9. The van der Waals surface area contributed by atoms with Crippen molar-refractivity contribution in [1.82, 2.24) is 0 Å². The fourth-order valence-electron chi connectivity index (χ4n) is 3.01. The van der Waals surface area contributed by atoms with Gasteiger partial charge in [0.25, 0.3) is 0 Å². The van der Waals surface area contributed by atoms with Gasteiger partial charge in [-0.15, -0.1) is 5.56 Å². The van der Waals surface area contributed by atoms with Crippen LogP contribution in [-0.4, -0.2) is 3.81 Å². The molecule has 0 radical (unpaired) electrons. The van der Waals surface area contributed by atoms with E-state index in [0.29, 0.717) is 0 Å². The molecule has 4 aromatic rings. The monoisotopic (exact) mass is 452 g/mol. The van der Waals surface area contributed by atoms with Crippen LogP contribution in [0.5, 0.6) is 0 Å². The first-order chi connectivity index (χ1) is 13.3. The molecule has 0 aromatic heterocycles. The Labute approximate surface area is 198 Å². The van der Waals surface area contributed by atoms with Gasteiger partial charge in [-0.2, -0.15) is 48.0 Å². The van der Waals surface area contributed by atoms with Gasteiger partial charge < -0.3 is 24.8 Å². The minimum atomic E-state index is 0. The van der Waals surface area contributed by atoms with Crippen LogP contribution in [0.4, 0.5) is 0 Å². The second-order valence-electron chi connectivity index (χ2n) is 6.35. The van der Waals surface area contributed by atoms with Gasteiger partial charge >= 0.3 is 66.6 Å². The minimum absolute atomic E-state index is 0. The molecule has 4 aromatic carbocycles. The summed E-state index contributed by atoms with van der Waals surface area (Å²) in [7, 11) is 0. The van der Waals surface area contributed by atoms with Crippen molar-refractivity contribution in [3.63, 3.8) is 0 Å². The number of benzene rings is 3. The number of fused-ring (bicyclic) bond motifs is 3. The second kappa shape index (κ2) is 13.4. The van der Waals surface area contributed by atoms with Crippen LogP contribution in [0.3, 0.4) is 0 Å². The molecular formula is C26H22Cl2Ti-2. The molecule has 29 heavy (non-hydrogen) atoms. The van der Waals surface area contributed by atoms with Gasteiger partial charge in [0.05, 0.1) is 0 Å². The third kappa shape index (κ3) is 7.50. The molecule has 0 bridgehead atoms. The van der Waals surface area contributed by atoms with E-state index in [0.717, 1.165) is 6.42 Å². The summed E-state index contributed by atoms with van der Waals surface area (Å²) in [4.78, 5) is 0. The first-order valence-electron chi connectivity index (χ1n) is 9.11.